The lowest BCUT2D eigenvalue weighted by Gasteiger charge is -2.21. The van der Waals surface area contributed by atoms with Crippen LogP contribution >= 0.6 is 0 Å². The number of amides is 1. The van der Waals surface area contributed by atoms with Crippen molar-refractivity contribution in [1.82, 2.24) is 5.32 Å². The van der Waals surface area contributed by atoms with Crippen LogP contribution in [0.15, 0.2) is 24.3 Å². The Bertz CT molecular complexity index is 444. The van der Waals surface area contributed by atoms with Gasteiger partial charge in [0.1, 0.15) is 6.10 Å². The second kappa shape index (κ2) is 6.86. The quantitative estimate of drug-likeness (QED) is 0.863. The Balaban J connectivity index is 2.02. The van der Waals surface area contributed by atoms with Gasteiger partial charge < -0.3 is 15.2 Å². The lowest BCUT2D eigenvalue weighted by molar-refractivity contribution is -0.132. The highest BCUT2D eigenvalue weighted by atomic mass is 16.5. The van der Waals surface area contributed by atoms with Crippen LogP contribution in [0.1, 0.15) is 37.4 Å². The van der Waals surface area contributed by atoms with Gasteiger partial charge in [0.15, 0.2) is 0 Å². The van der Waals surface area contributed by atoms with Crippen LogP contribution in [0.2, 0.25) is 0 Å². The van der Waals surface area contributed by atoms with Gasteiger partial charge in [0.2, 0.25) is 5.91 Å². The Labute approximate surface area is 120 Å². The molecule has 0 spiro atoms. The van der Waals surface area contributed by atoms with Crippen LogP contribution in [-0.2, 0) is 16.0 Å². The molecule has 1 saturated heterocycles. The molecule has 1 aromatic carbocycles. The highest BCUT2D eigenvalue weighted by Crippen LogP contribution is 2.21. The molecule has 2 N–H and O–H groups in total. The van der Waals surface area contributed by atoms with Crippen LogP contribution in [-0.4, -0.2) is 30.3 Å². The summed E-state index contributed by atoms with van der Waals surface area (Å²) in [4.78, 5) is 12.2. The Morgan fingerprint density at radius 1 is 1.45 bits per heavy atom. The summed E-state index contributed by atoms with van der Waals surface area (Å²) < 4.78 is 5.45. The molecular formula is C16H23NO3. The molecule has 110 valence electrons. The lowest BCUT2D eigenvalue weighted by atomic mass is 10.0. The SMILES string of the molecule is CCc1ccc(C(CO)NC(=O)C2OCCC2C)cc1. The van der Waals surface area contributed by atoms with Crippen LogP contribution in [0.4, 0.5) is 0 Å². The molecule has 3 atom stereocenters. The first-order chi connectivity index (χ1) is 9.65. The molecule has 3 unspecified atom stereocenters. The average Bonchev–Trinajstić information content (AvgIpc) is 2.91. The van der Waals surface area contributed by atoms with E-state index in [0.29, 0.717) is 6.61 Å². The first-order valence-electron chi connectivity index (χ1n) is 7.27. The van der Waals surface area contributed by atoms with Crippen molar-refractivity contribution >= 4 is 5.91 Å². The van der Waals surface area contributed by atoms with Crippen molar-refractivity contribution in [3.8, 4) is 0 Å². The van der Waals surface area contributed by atoms with E-state index in [1.165, 1.54) is 5.56 Å². The van der Waals surface area contributed by atoms with E-state index in [2.05, 4.69) is 12.2 Å². The zero-order valence-electron chi connectivity index (χ0n) is 12.1. The van der Waals surface area contributed by atoms with E-state index in [9.17, 15) is 9.90 Å². The summed E-state index contributed by atoms with van der Waals surface area (Å²) in [6.07, 6.45) is 1.50. The normalized spacial score (nSPS) is 23.6. The zero-order valence-corrected chi connectivity index (χ0v) is 12.1. The highest BCUT2D eigenvalue weighted by molar-refractivity contribution is 5.81. The molecule has 1 fully saturated rings. The van der Waals surface area contributed by atoms with E-state index >= 15 is 0 Å². The van der Waals surface area contributed by atoms with Gasteiger partial charge in [-0.3, -0.25) is 4.79 Å². The first-order valence-corrected chi connectivity index (χ1v) is 7.27. The maximum absolute atomic E-state index is 12.2. The van der Waals surface area contributed by atoms with Crippen molar-refractivity contribution < 1.29 is 14.6 Å². The van der Waals surface area contributed by atoms with Crippen molar-refractivity contribution in [2.24, 2.45) is 5.92 Å². The smallest absolute Gasteiger partial charge is 0.249 e. The van der Waals surface area contributed by atoms with E-state index in [-0.39, 0.29) is 30.6 Å². The number of benzene rings is 1. The van der Waals surface area contributed by atoms with Crippen LogP contribution < -0.4 is 5.32 Å². The van der Waals surface area contributed by atoms with Gasteiger partial charge >= 0.3 is 0 Å². The molecule has 1 aliphatic rings. The number of carbonyl (C=O) groups excluding carboxylic acids is 1. The predicted molar refractivity (Wildman–Crippen MR) is 77.3 cm³/mol. The molecule has 0 saturated carbocycles. The minimum Gasteiger partial charge on any atom is -0.394 e. The fourth-order valence-electron chi connectivity index (χ4n) is 2.50. The molecule has 4 heteroatoms. The summed E-state index contributed by atoms with van der Waals surface area (Å²) in [5, 5.41) is 12.4. The Hall–Kier alpha value is -1.39. The number of aryl methyl sites for hydroxylation is 1. The molecule has 2 rings (SSSR count). The van der Waals surface area contributed by atoms with Gasteiger partial charge in [0.25, 0.3) is 0 Å². The highest BCUT2D eigenvalue weighted by Gasteiger charge is 2.32. The predicted octanol–water partition coefficient (Wildman–Crippen LogP) is 1.82. The minimum atomic E-state index is -0.390. The molecule has 0 aliphatic carbocycles. The van der Waals surface area contributed by atoms with Crippen molar-refractivity contribution in [1.29, 1.82) is 0 Å². The summed E-state index contributed by atoms with van der Waals surface area (Å²) in [6.45, 7) is 4.63. The number of nitrogens with one attached hydrogen (secondary N) is 1. The zero-order chi connectivity index (χ0) is 14.5. The summed E-state index contributed by atoms with van der Waals surface area (Å²) in [5.74, 6) is 0.102. The van der Waals surface area contributed by atoms with Gasteiger partial charge in [-0.25, -0.2) is 0 Å². The molecule has 20 heavy (non-hydrogen) atoms. The first kappa shape index (κ1) is 15.0. The second-order valence-electron chi connectivity index (χ2n) is 5.40. The van der Waals surface area contributed by atoms with E-state index < -0.39 is 0 Å². The summed E-state index contributed by atoms with van der Waals surface area (Å²) in [6, 6.07) is 7.60. The van der Waals surface area contributed by atoms with Crippen LogP contribution in [0.3, 0.4) is 0 Å². The van der Waals surface area contributed by atoms with Crippen LogP contribution in [0.5, 0.6) is 0 Å². The van der Waals surface area contributed by atoms with Crippen LogP contribution in [0.25, 0.3) is 0 Å². The molecule has 1 amide bonds. The van der Waals surface area contributed by atoms with E-state index in [0.717, 1.165) is 18.4 Å². The Kier molecular flexibility index (Phi) is 5.15. The lowest BCUT2D eigenvalue weighted by Crippen LogP contribution is -2.40. The van der Waals surface area contributed by atoms with Gasteiger partial charge in [-0.15, -0.1) is 0 Å². The van der Waals surface area contributed by atoms with Gasteiger partial charge in [0.05, 0.1) is 12.6 Å². The topological polar surface area (TPSA) is 58.6 Å². The molecule has 0 radical (unpaired) electrons. The van der Waals surface area contributed by atoms with Crippen molar-refractivity contribution in [2.75, 3.05) is 13.2 Å². The maximum atomic E-state index is 12.2. The van der Waals surface area contributed by atoms with Crippen molar-refractivity contribution in [3.63, 3.8) is 0 Å². The molecule has 0 aromatic heterocycles. The maximum Gasteiger partial charge on any atom is 0.249 e. The van der Waals surface area contributed by atoms with Gasteiger partial charge in [-0.05, 0) is 29.9 Å². The summed E-state index contributed by atoms with van der Waals surface area (Å²) >= 11 is 0. The van der Waals surface area contributed by atoms with E-state index in [1.807, 2.05) is 31.2 Å². The van der Waals surface area contributed by atoms with Crippen molar-refractivity contribution in [2.45, 2.75) is 38.8 Å². The minimum absolute atomic E-state index is 0.113. The number of carbonyl (C=O) groups is 1. The summed E-state index contributed by atoms with van der Waals surface area (Å²) in [5.41, 5.74) is 2.16. The number of aliphatic hydroxyl groups is 1. The molecule has 1 aliphatic heterocycles. The third-order valence-corrected chi connectivity index (χ3v) is 3.94. The number of aliphatic hydroxyl groups excluding tert-OH is 1. The van der Waals surface area contributed by atoms with E-state index in [1.54, 1.807) is 0 Å². The fourth-order valence-corrected chi connectivity index (χ4v) is 2.50. The molecule has 1 aromatic rings. The fraction of sp³-hybridized carbons (Fsp3) is 0.562. The third kappa shape index (κ3) is 3.38. The van der Waals surface area contributed by atoms with Crippen molar-refractivity contribution in [3.05, 3.63) is 35.4 Å². The molecular weight excluding hydrogens is 254 g/mol. The third-order valence-electron chi connectivity index (χ3n) is 3.94. The van der Waals surface area contributed by atoms with Gasteiger partial charge in [0, 0.05) is 6.61 Å². The van der Waals surface area contributed by atoms with Crippen LogP contribution in [0, 0.1) is 5.92 Å². The van der Waals surface area contributed by atoms with E-state index in [4.69, 9.17) is 4.74 Å². The average molecular weight is 277 g/mol. The number of hydrogen-bond acceptors (Lipinski definition) is 3. The summed E-state index contributed by atoms with van der Waals surface area (Å²) in [7, 11) is 0. The molecule has 1 heterocycles. The Morgan fingerprint density at radius 2 is 2.15 bits per heavy atom. The number of rotatable bonds is 5. The number of ether oxygens (including phenoxy) is 1. The van der Waals surface area contributed by atoms with Gasteiger partial charge in [-0.1, -0.05) is 38.1 Å². The van der Waals surface area contributed by atoms with Gasteiger partial charge in [-0.2, -0.15) is 0 Å². The second-order valence-corrected chi connectivity index (χ2v) is 5.40. The Morgan fingerprint density at radius 3 is 2.65 bits per heavy atom. The largest absolute Gasteiger partial charge is 0.394 e. The standard InChI is InChI=1S/C16H23NO3/c1-3-12-4-6-13(7-5-12)14(10-18)17-16(19)15-11(2)8-9-20-15/h4-7,11,14-15,18H,3,8-10H2,1-2H3,(H,17,19). The number of hydrogen-bond donors (Lipinski definition) is 2. The monoisotopic (exact) mass is 277 g/mol. The molecule has 0 bridgehead atoms. The molecule has 4 nitrogen and oxygen atoms in total.